The Bertz CT molecular complexity index is 593. The van der Waals surface area contributed by atoms with Crippen molar-refractivity contribution in [3.8, 4) is 5.75 Å². The molecule has 3 nitrogen and oxygen atoms in total. The second-order valence-electron chi connectivity index (χ2n) is 4.71. The van der Waals surface area contributed by atoms with E-state index in [0.717, 1.165) is 17.7 Å². The molecule has 1 atom stereocenters. The minimum absolute atomic E-state index is 0.0307. The van der Waals surface area contributed by atoms with Crippen LogP contribution in [-0.2, 0) is 0 Å². The summed E-state index contributed by atoms with van der Waals surface area (Å²) in [5.41, 5.74) is 1.66. The van der Waals surface area contributed by atoms with E-state index in [1.54, 1.807) is 31.4 Å². The Hall–Kier alpha value is -2.00. The van der Waals surface area contributed by atoms with Crippen LogP contribution in [-0.4, -0.2) is 13.0 Å². The third-order valence-electron chi connectivity index (χ3n) is 3.34. The molecule has 21 heavy (non-hydrogen) atoms. The van der Waals surface area contributed by atoms with Crippen molar-refractivity contribution in [2.45, 2.75) is 19.4 Å². The second-order valence-corrected chi connectivity index (χ2v) is 5.15. The van der Waals surface area contributed by atoms with Crippen LogP contribution in [0.25, 0.3) is 0 Å². The molecule has 0 aliphatic rings. The van der Waals surface area contributed by atoms with Gasteiger partial charge in [0.1, 0.15) is 5.75 Å². The van der Waals surface area contributed by atoms with Crippen molar-refractivity contribution in [2.24, 2.45) is 0 Å². The molecule has 0 aliphatic carbocycles. The SMILES string of the molecule is CCC(NC(=O)c1ccc(OC)cc1)c1ccc(Cl)cc1. The summed E-state index contributed by atoms with van der Waals surface area (Å²) in [6.07, 6.45) is 0.809. The fourth-order valence-corrected chi connectivity index (χ4v) is 2.23. The number of hydrogen-bond acceptors (Lipinski definition) is 2. The first kappa shape index (κ1) is 15.4. The number of carbonyl (C=O) groups excluding carboxylic acids is 1. The lowest BCUT2D eigenvalue weighted by atomic mass is 10.0. The molecular formula is C17H18ClNO2. The van der Waals surface area contributed by atoms with Crippen molar-refractivity contribution in [1.29, 1.82) is 0 Å². The molecule has 1 unspecified atom stereocenters. The molecule has 4 heteroatoms. The molecule has 0 aromatic heterocycles. The first-order valence-electron chi connectivity index (χ1n) is 6.84. The maximum atomic E-state index is 12.3. The van der Waals surface area contributed by atoms with Crippen molar-refractivity contribution < 1.29 is 9.53 Å². The molecule has 1 amide bonds. The molecule has 2 aromatic rings. The lowest BCUT2D eigenvalue weighted by Gasteiger charge is -2.17. The number of amides is 1. The van der Waals surface area contributed by atoms with Crippen molar-refractivity contribution in [3.63, 3.8) is 0 Å². The zero-order chi connectivity index (χ0) is 15.2. The van der Waals surface area contributed by atoms with E-state index in [-0.39, 0.29) is 11.9 Å². The first-order valence-corrected chi connectivity index (χ1v) is 7.22. The van der Waals surface area contributed by atoms with Crippen LogP contribution in [0.1, 0.15) is 35.3 Å². The van der Waals surface area contributed by atoms with Crippen molar-refractivity contribution in [2.75, 3.05) is 7.11 Å². The molecule has 110 valence electrons. The summed E-state index contributed by atoms with van der Waals surface area (Å²) in [5, 5.41) is 3.72. The largest absolute Gasteiger partial charge is 0.497 e. The van der Waals surface area contributed by atoms with Crippen LogP contribution in [0, 0.1) is 0 Å². The number of ether oxygens (including phenoxy) is 1. The summed E-state index contributed by atoms with van der Waals surface area (Å²) in [7, 11) is 1.60. The number of hydrogen-bond donors (Lipinski definition) is 1. The van der Waals surface area contributed by atoms with Gasteiger partial charge in [0.2, 0.25) is 0 Å². The smallest absolute Gasteiger partial charge is 0.251 e. The predicted molar refractivity (Wildman–Crippen MR) is 84.9 cm³/mol. The molecule has 1 N–H and O–H groups in total. The Kier molecular flexibility index (Phi) is 5.23. The highest BCUT2D eigenvalue weighted by Gasteiger charge is 2.14. The number of carbonyl (C=O) groups is 1. The standard InChI is InChI=1S/C17H18ClNO2/c1-3-16(12-4-8-14(18)9-5-12)19-17(20)13-6-10-15(21-2)11-7-13/h4-11,16H,3H2,1-2H3,(H,19,20). The van der Waals surface area contributed by atoms with Crippen LogP contribution >= 0.6 is 11.6 Å². The number of halogens is 1. The third-order valence-corrected chi connectivity index (χ3v) is 3.59. The van der Waals surface area contributed by atoms with Gasteiger partial charge in [-0.25, -0.2) is 0 Å². The average Bonchev–Trinajstić information content (AvgIpc) is 2.53. The van der Waals surface area contributed by atoms with Crippen molar-refractivity contribution >= 4 is 17.5 Å². The van der Waals surface area contributed by atoms with E-state index in [2.05, 4.69) is 5.32 Å². The minimum Gasteiger partial charge on any atom is -0.497 e. The van der Waals surface area contributed by atoms with E-state index >= 15 is 0 Å². The van der Waals surface area contributed by atoms with Gasteiger partial charge in [-0.15, -0.1) is 0 Å². The Labute approximate surface area is 129 Å². The Morgan fingerprint density at radius 3 is 2.29 bits per heavy atom. The fourth-order valence-electron chi connectivity index (χ4n) is 2.10. The normalized spacial score (nSPS) is 11.8. The van der Waals surface area contributed by atoms with Crippen LogP contribution in [0.5, 0.6) is 5.75 Å². The summed E-state index contributed by atoms with van der Waals surface area (Å²) in [5.74, 6) is 0.635. The summed E-state index contributed by atoms with van der Waals surface area (Å²) < 4.78 is 5.09. The highest BCUT2D eigenvalue weighted by atomic mass is 35.5. The second kappa shape index (κ2) is 7.14. The first-order chi connectivity index (χ1) is 10.1. The van der Waals surface area contributed by atoms with Crippen LogP contribution in [0.3, 0.4) is 0 Å². The monoisotopic (exact) mass is 303 g/mol. The van der Waals surface area contributed by atoms with E-state index in [4.69, 9.17) is 16.3 Å². The maximum absolute atomic E-state index is 12.3. The van der Waals surface area contributed by atoms with Crippen LogP contribution in [0.2, 0.25) is 5.02 Å². The molecule has 0 saturated carbocycles. The molecule has 0 fully saturated rings. The van der Waals surface area contributed by atoms with Crippen LogP contribution in [0.4, 0.5) is 0 Å². The van der Waals surface area contributed by atoms with E-state index < -0.39 is 0 Å². The Balaban J connectivity index is 2.10. The van der Waals surface area contributed by atoms with Crippen molar-refractivity contribution in [1.82, 2.24) is 5.32 Å². The van der Waals surface area contributed by atoms with E-state index in [1.165, 1.54) is 0 Å². The van der Waals surface area contributed by atoms with Crippen LogP contribution < -0.4 is 10.1 Å². The number of nitrogens with one attached hydrogen (secondary N) is 1. The van der Waals surface area contributed by atoms with Gasteiger partial charge in [0.25, 0.3) is 5.91 Å². The molecule has 2 aromatic carbocycles. The van der Waals surface area contributed by atoms with Gasteiger partial charge < -0.3 is 10.1 Å². The zero-order valence-corrected chi connectivity index (χ0v) is 12.9. The van der Waals surface area contributed by atoms with Gasteiger partial charge in [0.15, 0.2) is 0 Å². The van der Waals surface area contributed by atoms with Crippen molar-refractivity contribution in [3.05, 3.63) is 64.7 Å². The molecule has 2 rings (SSSR count). The summed E-state index contributed by atoms with van der Waals surface area (Å²) >= 11 is 5.89. The third kappa shape index (κ3) is 3.99. The lowest BCUT2D eigenvalue weighted by Crippen LogP contribution is -2.28. The molecule has 0 radical (unpaired) electrons. The van der Waals surface area contributed by atoms with Gasteiger partial charge >= 0.3 is 0 Å². The predicted octanol–water partition coefficient (Wildman–Crippen LogP) is 4.23. The topological polar surface area (TPSA) is 38.3 Å². The number of benzene rings is 2. The molecular weight excluding hydrogens is 286 g/mol. The van der Waals surface area contributed by atoms with Gasteiger partial charge in [0.05, 0.1) is 13.2 Å². The minimum atomic E-state index is -0.0977. The van der Waals surface area contributed by atoms with Crippen LogP contribution in [0.15, 0.2) is 48.5 Å². The highest BCUT2D eigenvalue weighted by Crippen LogP contribution is 2.20. The van der Waals surface area contributed by atoms with Gasteiger partial charge in [-0.05, 0) is 48.4 Å². The van der Waals surface area contributed by atoms with Gasteiger partial charge in [-0.3, -0.25) is 4.79 Å². The lowest BCUT2D eigenvalue weighted by molar-refractivity contribution is 0.0935. The van der Waals surface area contributed by atoms with E-state index in [9.17, 15) is 4.79 Å². The van der Waals surface area contributed by atoms with Gasteiger partial charge in [0, 0.05) is 10.6 Å². The Morgan fingerprint density at radius 1 is 1.14 bits per heavy atom. The molecule has 0 saturated heterocycles. The van der Waals surface area contributed by atoms with Gasteiger partial charge in [-0.2, -0.15) is 0 Å². The summed E-state index contributed by atoms with van der Waals surface area (Å²) in [4.78, 5) is 12.3. The Morgan fingerprint density at radius 2 is 1.76 bits per heavy atom. The molecule has 0 aliphatic heterocycles. The molecule has 0 spiro atoms. The highest BCUT2D eigenvalue weighted by molar-refractivity contribution is 6.30. The average molecular weight is 304 g/mol. The summed E-state index contributed by atoms with van der Waals surface area (Å²) in [6.45, 7) is 2.04. The number of rotatable bonds is 5. The fraction of sp³-hybridized carbons (Fsp3) is 0.235. The quantitative estimate of drug-likeness (QED) is 0.897. The zero-order valence-electron chi connectivity index (χ0n) is 12.1. The van der Waals surface area contributed by atoms with Gasteiger partial charge in [-0.1, -0.05) is 30.7 Å². The number of methoxy groups -OCH3 is 1. The maximum Gasteiger partial charge on any atom is 0.251 e. The molecule has 0 bridgehead atoms. The van der Waals surface area contributed by atoms with E-state index in [1.807, 2.05) is 31.2 Å². The van der Waals surface area contributed by atoms with E-state index in [0.29, 0.717) is 10.6 Å². The summed E-state index contributed by atoms with van der Waals surface area (Å²) in [6, 6.07) is 14.6. The molecule has 0 heterocycles.